The highest BCUT2D eigenvalue weighted by Gasteiger charge is 2.23. The number of halogens is 1. The van der Waals surface area contributed by atoms with Crippen LogP contribution in [-0.2, 0) is 9.84 Å². The molecule has 0 radical (unpaired) electrons. The Morgan fingerprint density at radius 3 is 2.29 bits per heavy atom. The number of anilines is 1. The molecule has 0 spiro atoms. The molecule has 0 fully saturated rings. The van der Waals surface area contributed by atoms with Crippen LogP contribution >= 0.6 is 11.6 Å². The number of rotatable bonds is 6. The first kappa shape index (κ1) is 23.3. The SMILES string of the molecule is COc1ccc(NC(=O)c2ccc3oc(=O)c(S(=O)(=O)c4ccc(Cl)cc4)cc3c2)cc1OC. The van der Waals surface area contributed by atoms with Crippen LogP contribution in [0.4, 0.5) is 5.69 Å². The summed E-state index contributed by atoms with van der Waals surface area (Å²) in [6, 6.07) is 15.9. The summed E-state index contributed by atoms with van der Waals surface area (Å²) in [4.78, 5) is 24.6. The van der Waals surface area contributed by atoms with Crippen LogP contribution in [0.3, 0.4) is 0 Å². The van der Waals surface area contributed by atoms with Crippen molar-refractivity contribution in [2.75, 3.05) is 19.5 Å². The largest absolute Gasteiger partial charge is 0.493 e. The molecule has 0 aliphatic heterocycles. The van der Waals surface area contributed by atoms with Gasteiger partial charge in [-0.25, -0.2) is 13.2 Å². The molecule has 1 heterocycles. The number of fused-ring (bicyclic) bond motifs is 1. The van der Waals surface area contributed by atoms with Crippen molar-refractivity contribution in [1.82, 2.24) is 0 Å². The lowest BCUT2D eigenvalue weighted by atomic mass is 10.1. The minimum absolute atomic E-state index is 0.106. The van der Waals surface area contributed by atoms with E-state index in [2.05, 4.69) is 5.32 Å². The molecule has 34 heavy (non-hydrogen) atoms. The van der Waals surface area contributed by atoms with Crippen LogP contribution in [-0.4, -0.2) is 28.5 Å². The van der Waals surface area contributed by atoms with Gasteiger partial charge in [-0.3, -0.25) is 4.79 Å². The second-order valence-electron chi connectivity index (χ2n) is 7.13. The number of methoxy groups -OCH3 is 2. The summed E-state index contributed by atoms with van der Waals surface area (Å²) in [5.41, 5.74) is -0.174. The molecule has 0 aliphatic rings. The fourth-order valence-corrected chi connectivity index (χ4v) is 4.71. The lowest BCUT2D eigenvalue weighted by Crippen LogP contribution is -2.15. The fourth-order valence-electron chi connectivity index (χ4n) is 3.29. The van der Waals surface area contributed by atoms with Crippen molar-refractivity contribution in [1.29, 1.82) is 0 Å². The third-order valence-electron chi connectivity index (χ3n) is 5.02. The number of hydrogen-bond acceptors (Lipinski definition) is 7. The molecule has 0 atom stereocenters. The van der Waals surface area contributed by atoms with Crippen LogP contribution in [0.5, 0.6) is 11.5 Å². The molecule has 174 valence electrons. The first-order valence-corrected chi connectivity index (χ1v) is 11.7. The lowest BCUT2D eigenvalue weighted by molar-refractivity contribution is 0.102. The van der Waals surface area contributed by atoms with Gasteiger partial charge >= 0.3 is 5.63 Å². The average molecular weight is 500 g/mol. The molecule has 0 bridgehead atoms. The number of ether oxygens (including phenoxy) is 2. The first-order chi connectivity index (χ1) is 16.2. The van der Waals surface area contributed by atoms with Crippen molar-refractivity contribution in [2.24, 2.45) is 0 Å². The standard InChI is InChI=1S/C24H18ClNO7S/c1-31-20-10-6-17(13-21(20)32-2)26-23(27)14-3-9-19-15(11-14)12-22(24(28)33-19)34(29,30)18-7-4-16(25)5-8-18/h3-13H,1-2H3,(H,26,27). The van der Waals surface area contributed by atoms with Gasteiger partial charge in [0.25, 0.3) is 5.91 Å². The monoisotopic (exact) mass is 499 g/mol. The fraction of sp³-hybridized carbons (Fsp3) is 0.0833. The topological polar surface area (TPSA) is 112 Å². The zero-order valence-corrected chi connectivity index (χ0v) is 19.6. The van der Waals surface area contributed by atoms with Crippen molar-refractivity contribution in [3.05, 3.63) is 87.7 Å². The van der Waals surface area contributed by atoms with Crippen LogP contribution in [0.15, 0.2) is 85.7 Å². The molecule has 1 N–H and O–H groups in total. The van der Waals surface area contributed by atoms with Crippen LogP contribution in [0.25, 0.3) is 11.0 Å². The number of amides is 1. The third-order valence-corrected chi connectivity index (χ3v) is 7.03. The molecule has 1 amide bonds. The average Bonchev–Trinajstić information content (AvgIpc) is 2.83. The molecular formula is C24H18ClNO7S. The van der Waals surface area contributed by atoms with E-state index in [0.717, 1.165) is 0 Å². The van der Waals surface area contributed by atoms with Crippen LogP contribution in [0.1, 0.15) is 10.4 Å². The van der Waals surface area contributed by atoms with Gasteiger partial charge in [0.15, 0.2) is 16.4 Å². The minimum atomic E-state index is -4.17. The minimum Gasteiger partial charge on any atom is -0.493 e. The Balaban J connectivity index is 1.70. The lowest BCUT2D eigenvalue weighted by Gasteiger charge is -2.11. The van der Waals surface area contributed by atoms with Gasteiger partial charge in [-0.15, -0.1) is 0 Å². The van der Waals surface area contributed by atoms with Crippen molar-refractivity contribution in [2.45, 2.75) is 9.79 Å². The molecule has 0 aliphatic carbocycles. The van der Waals surface area contributed by atoms with E-state index in [9.17, 15) is 18.0 Å². The Bertz CT molecular complexity index is 1560. The van der Waals surface area contributed by atoms with E-state index in [1.54, 1.807) is 18.2 Å². The van der Waals surface area contributed by atoms with E-state index in [4.69, 9.17) is 25.5 Å². The van der Waals surface area contributed by atoms with Gasteiger partial charge in [-0.05, 0) is 60.7 Å². The maximum absolute atomic E-state index is 13.0. The van der Waals surface area contributed by atoms with Gasteiger partial charge in [-0.2, -0.15) is 0 Å². The normalized spacial score (nSPS) is 11.3. The first-order valence-electron chi connectivity index (χ1n) is 9.85. The number of carbonyl (C=O) groups excluding carboxylic acids is 1. The smallest absolute Gasteiger partial charge is 0.355 e. The summed E-state index contributed by atoms with van der Waals surface area (Å²) in [5, 5.41) is 3.37. The highest BCUT2D eigenvalue weighted by Crippen LogP contribution is 2.30. The van der Waals surface area contributed by atoms with E-state index in [1.807, 2.05) is 0 Å². The number of carbonyl (C=O) groups is 1. The van der Waals surface area contributed by atoms with E-state index < -0.39 is 26.3 Å². The van der Waals surface area contributed by atoms with Gasteiger partial charge in [0.2, 0.25) is 9.84 Å². The van der Waals surface area contributed by atoms with Gasteiger partial charge in [-0.1, -0.05) is 11.6 Å². The summed E-state index contributed by atoms with van der Waals surface area (Å²) in [5.74, 6) is 0.496. The zero-order chi connectivity index (χ0) is 24.5. The quantitative estimate of drug-likeness (QED) is 0.387. The molecule has 4 rings (SSSR count). The molecule has 1 aromatic heterocycles. The molecule has 4 aromatic rings. The number of hydrogen-bond donors (Lipinski definition) is 1. The molecule has 3 aromatic carbocycles. The van der Waals surface area contributed by atoms with Crippen molar-refractivity contribution >= 4 is 44.0 Å². The summed E-state index contributed by atoms with van der Waals surface area (Å²) in [6.45, 7) is 0. The Labute approximate surface area is 199 Å². The Morgan fingerprint density at radius 1 is 0.912 bits per heavy atom. The van der Waals surface area contributed by atoms with Crippen molar-refractivity contribution < 1.29 is 27.1 Å². The summed E-state index contributed by atoms with van der Waals surface area (Å²) < 4.78 is 41.6. The van der Waals surface area contributed by atoms with Gasteiger partial charge in [0.1, 0.15) is 5.58 Å². The molecule has 10 heteroatoms. The van der Waals surface area contributed by atoms with Crippen LogP contribution in [0.2, 0.25) is 5.02 Å². The molecule has 0 unspecified atom stereocenters. The van der Waals surface area contributed by atoms with Gasteiger partial charge in [0, 0.05) is 27.7 Å². The van der Waals surface area contributed by atoms with E-state index >= 15 is 0 Å². The van der Waals surface area contributed by atoms with E-state index in [-0.39, 0.29) is 21.4 Å². The van der Waals surface area contributed by atoms with E-state index in [0.29, 0.717) is 22.2 Å². The number of benzene rings is 3. The highest BCUT2D eigenvalue weighted by atomic mass is 35.5. The molecule has 0 saturated carbocycles. The second-order valence-corrected chi connectivity index (χ2v) is 9.49. The maximum atomic E-state index is 13.0. The molecule has 8 nitrogen and oxygen atoms in total. The Morgan fingerprint density at radius 2 is 1.62 bits per heavy atom. The molecular weight excluding hydrogens is 482 g/mol. The van der Waals surface area contributed by atoms with Gasteiger partial charge in [0.05, 0.1) is 19.1 Å². The predicted molar refractivity (Wildman–Crippen MR) is 127 cm³/mol. The van der Waals surface area contributed by atoms with E-state index in [1.165, 1.54) is 62.8 Å². The summed E-state index contributed by atoms with van der Waals surface area (Å²) >= 11 is 5.83. The maximum Gasteiger partial charge on any atom is 0.355 e. The third kappa shape index (κ3) is 4.48. The summed E-state index contributed by atoms with van der Waals surface area (Å²) in [6.07, 6.45) is 0. The van der Waals surface area contributed by atoms with Crippen molar-refractivity contribution in [3.63, 3.8) is 0 Å². The second kappa shape index (κ2) is 9.20. The van der Waals surface area contributed by atoms with Crippen molar-refractivity contribution in [3.8, 4) is 11.5 Å². The van der Waals surface area contributed by atoms with Crippen LogP contribution < -0.4 is 20.4 Å². The van der Waals surface area contributed by atoms with Gasteiger partial charge < -0.3 is 19.2 Å². The number of sulfone groups is 1. The number of nitrogens with one attached hydrogen (secondary N) is 1. The molecule has 0 saturated heterocycles. The predicted octanol–water partition coefficient (Wildman–Crippen LogP) is 4.55. The summed E-state index contributed by atoms with van der Waals surface area (Å²) in [7, 11) is -1.18. The van der Waals surface area contributed by atoms with Crippen LogP contribution in [0, 0.1) is 0 Å². The Kier molecular flexibility index (Phi) is 6.32. The highest BCUT2D eigenvalue weighted by molar-refractivity contribution is 7.91. The Hall–Kier alpha value is -3.82. The zero-order valence-electron chi connectivity index (χ0n) is 18.0.